The molecule has 11 aromatic rings. The number of fused-ring (bicyclic) bond motifs is 6. The molecular weight excluding hydrogens is 685 g/mol. The summed E-state index contributed by atoms with van der Waals surface area (Å²) in [6.07, 6.45) is 3.69. The van der Waals surface area contributed by atoms with Crippen molar-refractivity contribution in [2.75, 3.05) is 0 Å². The standard InChI is InChI=1S/C50H32N6/c1-3-14-33(15-4-1)48-52-49(34-16-5-2-6-17-34)54-50(53-48)43-31-36(25-27-38(43)35-18-13-29-51-32-35)56-46-24-12-9-21-41(46)42-30-37(26-28-47(42)56)55-44-22-10-7-19-39(44)40-20-8-11-23-45(40)55/h1-32H. The zero-order valence-corrected chi connectivity index (χ0v) is 30.2. The molecule has 0 saturated heterocycles. The number of para-hydroxylation sites is 3. The molecule has 0 unspecified atom stereocenters. The maximum absolute atomic E-state index is 5.17. The van der Waals surface area contributed by atoms with E-state index in [9.17, 15) is 0 Å². The molecule has 0 saturated carbocycles. The van der Waals surface area contributed by atoms with Crippen LogP contribution in [0.2, 0.25) is 0 Å². The lowest BCUT2D eigenvalue weighted by molar-refractivity contribution is 1.07. The minimum Gasteiger partial charge on any atom is -0.309 e. The number of nitrogens with zero attached hydrogens (tertiary/aromatic N) is 6. The summed E-state index contributed by atoms with van der Waals surface area (Å²) in [6, 6.07) is 63.6. The second-order valence-corrected chi connectivity index (χ2v) is 13.9. The molecule has 0 aliphatic rings. The van der Waals surface area contributed by atoms with E-state index in [4.69, 9.17) is 15.0 Å². The van der Waals surface area contributed by atoms with Crippen molar-refractivity contribution in [1.29, 1.82) is 0 Å². The van der Waals surface area contributed by atoms with Crippen molar-refractivity contribution in [3.05, 3.63) is 194 Å². The Morgan fingerprint density at radius 2 is 0.786 bits per heavy atom. The lowest BCUT2D eigenvalue weighted by Gasteiger charge is -2.15. The Morgan fingerprint density at radius 1 is 0.321 bits per heavy atom. The fourth-order valence-corrected chi connectivity index (χ4v) is 8.14. The predicted octanol–water partition coefficient (Wildman–Crippen LogP) is 12.1. The molecule has 0 aliphatic heterocycles. The van der Waals surface area contributed by atoms with E-state index in [2.05, 4.69) is 129 Å². The van der Waals surface area contributed by atoms with Crippen LogP contribution in [-0.2, 0) is 0 Å². The normalized spacial score (nSPS) is 11.6. The molecule has 0 radical (unpaired) electrons. The lowest BCUT2D eigenvalue weighted by Crippen LogP contribution is -2.02. The monoisotopic (exact) mass is 716 g/mol. The SMILES string of the molecule is c1ccc(-c2nc(-c3ccccc3)nc(-c3cc(-n4c5ccccc5c5cc(-n6c7ccccc7c7ccccc76)ccc54)ccc3-c3cccnc3)n2)cc1. The van der Waals surface area contributed by atoms with E-state index < -0.39 is 0 Å². The Morgan fingerprint density at radius 3 is 1.36 bits per heavy atom. The third kappa shape index (κ3) is 5.19. The third-order valence-electron chi connectivity index (χ3n) is 10.7. The molecule has 0 bridgehead atoms. The molecular formula is C50H32N6. The topological polar surface area (TPSA) is 61.4 Å². The van der Waals surface area contributed by atoms with Crippen LogP contribution in [0.4, 0.5) is 0 Å². The Hall–Kier alpha value is -7.70. The number of benzene rings is 7. The van der Waals surface area contributed by atoms with Gasteiger partial charge in [0.25, 0.3) is 0 Å². The highest BCUT2D eigenvalue weighted by Gasteiger charge is 2.20. The van der Waals surface area contributed by atoms with E-state index in [1.54, 1.807) is 6.20 Å². The van der Waals surface area contributed by atoms with Crippen molar-refractivity contribution < 1.29 is 0 Å². The zero-order valence-electron chi connectivity index (χ0n) is 30.2. The van der Waals surface area contributed by atoms with Crippen molar-refractivity contribution in [2.24, 2.45) is 0 Å². The smallest absolute Gasteiger partial charge is 0.164 e. The van der Waals surface area contributed by atoms with E-state index in [0.29, 0.717) is 17.5 Å². The van der Waals surface area contributed by atoms with E-state index >= 15 is 0 Å². The summed E-state index contributed by atoms with van der Waals surface area (Å²) in [6.45, 7) is 0. The molecule has 0 spiro atoms. The van der Waals surface area contributed by atoms with Crippen molar-refractivity contribution in [3.8, 4) is 56.7 Å². The average Bonchev–Trinajstić information content (AvgIpc) is 3.79. The van der Waals surface area contributed by atoms with Gasteiger partial charge in [-0.05, 0) is 60.2 Å². The number of hydrogen-bond donors (Lipinski definition) is 0. The molecule has 0 aliphatic carbocycles. The van der Waals surface area contributed by atoms with Crippen LogP contribution >= 0.6 is 0 Å². The van der Waals surface area contributed by atoms with Gasteiger partial charge in [0.2, 0.25) is 0 Å². The fourth-order valence-electron chi connectivity index (χ4n) is 8.14. The molecule has 262 valence electrons. The highest BCUT2D eigenvalue weighted by atomic mass is 15.0. The molecule has 4 heterocycles. The van der Waals surface area contributed by atoms with Gasteiger partial charge >= 0.3 is 0 Å². The van der Waals surface area contributed by atoms with Crippen LogP contribution < -0.4 is 0 Å². The second-order valence-electron chi connectivity index (χ2n) is 13.9. The minimum absolute atomic E-state index is 0.591. The molecule has 11 rings (SSSR count). The summed E-state index contributed by atoms with van der Waals surface area (Å²) >= 11 is 0. The first-order valence-electron chi connectivity index (χ1n) is 18.7. The van der Waals surface area contributed by atoms with Gasteiger partial charge in [0, 0.05) is 67.6 Å². The second kappa shape index (κ2) is 13.0. The van der Waals surface area contributed by atoms with E-state index in [-0.39, 0.29) is 0 Å². The number of hydrogen-bond acceptors (Lipinski definition) is 4. The average molecular weight is 717 g/mol. The lowest BCUT2D eigenvalue weighted by atomic mass is 9.99. The first-order chi connectivity index (χ1) is 27.8. The highest BCUT2D eigenvalue weighted by Crippen LogP contribution is 2.39. The summed E-state index contributed by atoms with van der Waals surface area (Å²) < 4.78 is 4.74. The first kappa shape index (κ1) is 31.8. The van der Waals surface area contributed by atoms with Gasteiger partial charge in [-0.15, -0.1) is 0 Å². The third-order valence-corrected chi connectivity index (χ3v) is 10.7. The molecule has 0 N–H and O–H groups in total. The molecule has 0 amide bonds. The van der Waals surface area contributed by atoms with Crippen LogP contribution in [0.3, 0.4) is 0 Å². The van der Waals surface area contributed by atoms with Gasteiger partial charge in [-0.1, -0.05) is 127 Å². The highest BCUT2D eigenvalue weighted by molar-refractivity contribution is 6.12. The molecule has 6 heteroatoms. The molecule has 6 nitrogen and oxygen atoms in total. The summed E-state index contributed by atoms with van der Waals surface area (Å²) in [7, 11) is 0. The van der Waals surface area contributed by atoms with Crippen LogP contribution in [-0.4, -0.2) is 29.1 Å². The molecule has 0 fully saturated rings. The maximum atomic E-state index is 5.17. The van der Waals surface area contributed by atoms with E-state index in [0.717, 1.165) is 50.2 Å². The first-order valence-corrected chi connectivity index (χ1v) is 18.7. The van der Waals surface area contributed by atoms with Crippen LogP contribution in [0.25, 0.3) is 100 Å². The number of pyridine rings is 1. The molecule has 4 aromatic heterocycles. The van der Waals surface area contributed by atoms with Crippen molar-refractivity contribution in [2.45, 2.75) is 0 Å². The zero-order chi connectivity index (χ0) is 37.0. The Bertz CT molecular complexity index is 3130. The largest absolute Gasteiger partial charge is 0.309 e. The molecule has 0 atom stereocenters. The van der Waals surface area contributed by atoms with Gasteiger partial charge in [0.05, 0.1) is 22.1 Å². The van der Waals surface area contributed by atoms with Gasteiger partial charge in [-0.2, -0.15) is 0 Å². The molecule has 7 aromatic carbocycles. The number of aromatic nitrogens is 6. The van der Waals surface area contributed by atoms with Crippen LogP contribution in [0.5, 0.6) is 0 Å². The van der Waals surface area contributed by atoms with Gasteiger partial charge in [-0.3, -0.25) is 4.98 Å². The quantitative estimate of drug-likeness (QED) is 0.172. The van der Waals surface area contributed by atoms with Crippen LogP contribution in [0, 0.1) is 0 Å². The fraction of sp³-hybridized carbons (Fsp3) is 0. The summed E-state index contributed by atoms with van der Waals surface area (Å²) in [5.41, 5.74) is 11.4. The molecule has 56 heavy (non-hydrogen) atoms. The van der Waals surface area contributed by atoms with Gasteiger partial charge in [-0.25, -0.2) is 15.0 Å². The van der Waals surface area contributed by atoms with Crippen LogP contribution in [0.1, 0.15) is 0 Å². The van der Waals surface area contributed by atoms with Crippen molar-refractivity contribution in [3.63, 3.8) is 0 Å². The van der Waals surface area contributed by atoms with Crippen LogP contribution in [0.15, 0.2) is 194 Å². The summed E-state index contributed by atoms with van der Waals surface area (Å²) in [4.78, 5) is 19.8. The Labute approximate surface area is 322 Å². The predicted molar refractivity (Wildman–Crippen MR) is 228 cm³/mol. The van der Waals surface area contributed by atoms with Crippen molar-refractivity contribution >= 4 is 43.6 Å². The van der Waals surface area contributed by atoms with Gasteiger partial charge < -0.3 is 9.13 Å². The maximum Gasteiger partial charge on any atom is 0.164 e. The number of rotatable bonds is 6. The Balaban J connectivity index is 1.15. The van der Waals surface area contributed by atoms with Gasteiger partial charge in [0.1, 0.15) is 0 Å². The summed E-state index contributed by atoms with van der Waals surface area (Å²) in [5.74, 6) is 1.82. The Kier molecular flexibility index (Phi) is 7.38. The van der Waals surface area contributed by atoms with E-state index in [1.165, 1.54) is 32.6 Å². The summed E-state index contributed by atoms with van der Waals surface area (Å²) in [5, 5.41) is 4.85. The minimum atomic E-state index is 0.591. The van der Waals surface area contributed by atoms with Gasteiger partial charge in [0.15, 0.2) is 17.5 Å². The van der Waals surface area contributed by atoms with E-state index in [1.807, 2.05) is 72.9 Å². The van der Waals surface area contributed by atoms with Crippen molar-refractivity contribution in [1.82, 2.24) is 29.1 Å².